The number of carbonyl (C=O) groups is 1. The smallest absolute Gasteiger partial charge is 0.267 e. The highest BCUT2D eigenvalue weighted by atomic mass is 35.5. The van der Waals surface area contributed by atoms with Gasteiger partial charge in [-0.15, -0.1) is 0 Å². The van der Waals surface area contributed by atoms with E-state index in [1.807, 2.05) is 37.3 Å². The first-order chi connectivity index (χ1) is 23.2. The number of aromatic nitrogens is 2. The molecule has 2 aliphatic rings. The third-order valence-corrected chi connectivity index (χ3v) is 8.75. The van der Waals surface area contributed by atoms with E-state index in [-0.39, 0.29) is 28.6 Å². The Balaban J connectivity index is 0.000000167. The number of hydrogen-bond acceptors (Lipinski definition) is 7. The molecule has 1 amide bonds. The molecule has 1 saturated heterocycles. The predicted octanol–water partition coefficient (Wildman–Crippen LogP) is 4.23. The summed E-state index contributed by atoms with van der Waals surface area (Å²) in [7, 11) is 0. The SMILES string of the molecule is CCC(N)[C@@H]1N=c2cccc(F)c2=C(C(N)=O)N1c1ccccc1.O=c1c2c(Cl)cccc2nc([C@@H]2CCCN2)n1-c1cccc(F)c1. The van der Waals surface area contributed by atoms with Crippen molar-refractivity contribution in [1.29, 1.82) is 0 Å². The van der Waals surface area contributed by atoms with E-state index >= 15 is 0 Å². The Morgan fingerprint density at radius 2 is 1.75 bits per heavy atom. The van der Waals surface area contributed by atoms with Crippen molar-refractivity contribution in [2.75, 3.05) is 11.4 Å². The van der Waals surface area contributed by atoms with Crippen molar-refractivity contribution in [2.24, 2.45) is 16.5 Å². The summed E-state index contributed by atoms with van der Waals surface area (Å²) in [5, 5.41) is 4.57. The number of nitrogens with zero attached hydrogens (tertiary/aromatic N) is 4. The molecule has 1 fully saturated rings. The molecule has 12 heteroatoms. The lowest BCUT2D eigenvalue weighted by atomic mass is 10.1. The van der Waals surface area contributed by atoms with Crippen molar-refractivity contribution in [3.8, 4) is 5.69 Å². The highest BCUT2D eigenvalue weighted by Crippen LogP contribution is 2.28. The number of carbonyl (C=O) groups excluding carboxylic acids is 1. The summed E-state index contributed by atoms with van der Waals surface area (Å²) in [6.07, 6.45) is 2.01. The molecule has 3 atom stereocenters. The normalized spacial score (nSPS) is 17.7. The van der Waals surface area contributed by atoms with Gasteiger partial charge in [-0.05, 0) is 80.4 Å². The van der Waals surface area contributed by atoms with E-state index in [2.05, 4.69) is 15.3 Å². The first-order valence-electron chi connectivity index (χ1n) is 15.7. The molecule has 1 aromatic heterocycles. The second-order valence-electron chi connectivity index (χ2n) is 11.5. The minimum Gasteiger partial charge on any atom is -0.364 e. The number of fused-ring (bicyclic) bond motifs is 2. The van der Waals surface area contributed by atoms with Gasteiger partial charge in [-0.25, -0.2) is 13.8 Å². The lowest BCUT2D eigenvalue weighted by molar-refractivity contribution is -0.113. The van der Waals surface area contributed by atoms with Gasteiger partial charge in [0.15, 0.2) is 0 Å². The van der Waals surface area contributed by atoms with Crippen molar-refractivity contribution in [1.82, 2.24) is 14.9 Å². The zero-order chi connectivity index (χ0) is 33.9. The molecule has 0 aliphatic carbocycles. The number of nitrogens with two attached hydrogens (primary N) is 2. The molecular weight excluding hydrogens is 636 g/mol. The molecule has 0 saturated carbocycles. The van der Waals surface area contributed by atoms with Gasteiger partial charge in [0.1, 0.15) is 29.3 Å². The maximum Gasteiger partial charge on any atom is 0.267 e. The summed E-state index contributed by atoms with van der Waals surface area (Å²) in [6.45, 7) is 2.81. The molecule has 3 heterocycles. The van der Waals surface area contributed by atoms with E-state index in [0.717, 1.165) is 19.4 Å². The molecule has 5 aromatic rings. The van der Waals surface area contributed by atoms with E-state index in [1.54, 1.807) is 47.4 Å². The van der Waals surface area contributed by atoms with Crippen LogP contribution < -0.4 is 37.8 Å². The second-order valence-corrected chi connectivity index (χ2v) is 11.9. The van der Waals surface area contributed by atoms with Crippen LogP contribution in [0.3, 0.4) is 0 Å². The Labute approximate surface area is 280 Å². The Morgan fingerprint density at radius 1 is 1.02 bits per heavy atom. The van der Waals surface area contributed by atoms with Crippen LogP contribution >= 0.6 is 11.6 Å². The van der Waals surface area contributed by atoms with E-state index in [4.69, 9.17) is 23.1 Å². The number of primary amides is 1. The Morgan fingerprint density at radius 3 is 2.44 bits per heavy atom. The van der Waals surface area contributed by atoms with Crippen LogP contribution in [0.2, 0.25) is 5.02 Å². The van der Waals surface area contributed by atoms with Gasteiger partial charge in [-0.1, -0.05) is 54.9 Å². The number of rotatable bonds is 6. The Kier molecular flexibility index (Phi) is 9.63. The molecule has 9 nitrogen and oxygen atoms in total. The predicted molar refractivity (Wildman–Crippen MR) is 183 cm³/mol. The highest BCUT2D eigenvalue weighted by molar-refractivity contribution is 6.35. The van der Waals surface area contributed by atoms with Crippen LogP contribution in [-0.4, -0.2) is 34.2 Å². The summed E-state index contributed by atoms with van der Waals surface area (Å²) in [6, 6.07) is 24.5. The van der Waals surface area contributed by atoms with Crippen molar-refractivity contribution in [3.05, 3.63) is 134 Å². The number of benzene rings is 4. The Hall–Kier alpha value is -4.97. The zero-order valence-corrected chi connectivity index (χ0v) is 26.9. The summed E-state index contributed by atoms with van der Waals surface area (Å²) in [5.74, 6) is -1.05. The number of hydrogen-bond donors (Lipinski definition) is 3. The molecule has 48 heavy (non-hydrogen) atoms. The molecule has 0 bridgehead atoms. The molecule has 5 N–H and O–H groups in total. The van der Waals surface area contributed by atoms with E-state index in [9.17, 15) is 18.4 Å². The van der Waals surface area contributed by atoms with Gasteiger partial charge in [0.05, 0.1) is 38.2 Å². The minimum absolute atomic E-state index is 0.0376. The fraction of sp³-hybridized carbons (Fsp3) is 0.222. The van der Waals surface area contributed by atoms with Gasteiger partial charge in [0, 0.05) is 11.7 Å². The Bertz CT molecular complexity index is 2170. The number of anilines is 1. The van der Waals surface area contributed by atoms with Crippen LogP contribution in [-0.2, 0) is 4.79 Å². The van der Waals surface area contributed by atoms with Crippen LogP contribution in [0.5, 0.6) is 0 Å². The first kappa shape index (κ1) is 33.0. The maximum atomic E-state index is 14.4. The van der Waals surface area contributed by atoms with Crippen molar-refractivity contribution >= 4 is 39.8 Å². The zero-order valence-electron chi connectivity index (χ0n) is 26.1. The third kappa shape index (κ3) is 6.32. The summed E-state index contributed by atoms with van der Waals surface area (Å²) in [4.78, 5) is 36.2. The van der Waals surface area contributed by atoms with Crippen LogP contribution in [0.15, 0.2) is 101 Å². The van der Waals surface area contributed by atoms with Gasteiger partial charge in [-0.3, -0.25) is 19.1 Å². The quantitative estimate of drug-likeness (QED) is 0.248. The van der Waals surface area contributed by atoms with Crippen LogP contribution in [0.4, 0.5) is 14.5 Å². The average Bonchev–Trinajstić information content (AvgIpc) is 3.63. The van der Waals surface area contributed by atoms with Gasteiger partial charge < -0.3 is 21.7 Å². The van der Waals surface area contributed by atoms with Gasteiger partial charge in [0.2, 0.25) is 0 Å². The molecule has 2 aliphatic heterocycles. The largest absolute Gasteiger partial charge is 0.364 e. The summed E-state index contributed by atoms with van der Waals surface area (Å²) >= 11 is 6.22. The lowest BCUT2D eigenvalue weighted by Crippen LogP contribution is -2.56. The van der Waals surface area contributed by atoms with Crippen molar-refractivity contribution in [2.45, 2.75) is 44.4 Å². The summed E-state index contributed by atoms with van der Waals surface area (Å²) < 4.78 is 29.6. The highest BCUT2D eigenvalue weighted by Gasteiger charge is 2.33. The van der Waals surface area contributed by atoms with Gasteiger partial charge in [-0.2, -0.15) is 0 Å². The molecule has 0 radical (unpaired) electrons. The van der Waals surface area contributed by atoms with Crippen molar-refractivity contribution in [3.63, 3.8) is 0 Å². The molecule has 1 unspecified atom stereocenters. The standard InChI is InChI=1S/C18H15ClFN3O.C18H19FN4O/c19-13-6-2-7-14-16(13)18(24)23(12-5-1-4-11(20)10-12)17(22-14)15-8-3-9-21-15;1-2-13(20)18-22-14-10-6-9-12(19)15(14)16(17(21)24)23(18)11-7-4-3-5-8-11/h1-2,4-7,10,15,21H,3,8-9H2;3-10,13,18H,2,20H2,1H3,(H2,21,24)/t15-;13?,18-/m01/s1. The molecule has 0 spiro atoms. The van der Waals surface area contributed by atoms with E-state index in [0.29, 0.717) is 44.9 Å². The molecular formula is C36H34ClF2N7O2. The minimum atomic E-state index is -0.714. The van der Waals surface area contributed by atoms with Crippen molar-refractivity contribution < 1.29 is 13.6 Å². The van der Waals surface area contributed by atoms with Crippen LogP contribution in [0.1, 0.15) is 38.1 Å². The monoisotopic (exact) mass is 669 g/mol. The topological polar surface area (TPSA) is 132 Å². The number of halogens is 3. The average molecular weight is 670 g/mol. The van der Waals surface area contributed by atoms with Gasteiger partial charge >= 0.3 is 0 Å². The number of para-hydroxylation sites is 1. The third-order valence-electron chi connectivity index (χ3n) is 8.44. The second kappa shape index (κ2) is 14.0. The van der Waals surface area contributed by atoms with E-state index < -0.39 is 23.7 Å². The van der Waals surface area contributed by atoms with Crippen LogP contribution in [0.25, 0.3) is 22.3 Å². The first-order valence-corrected chi connectivity index (χ1v) is 16.0. The number of nitrogens with one attached hydrogen (secondary N) is 1. The van der Waals surface area contributed by atoms with Gasteiger partial charge in [0.25, 0.3) is 11.5 Å². The molecule has 7 rings (SSSR count). The van der Waals surface area contributed by atoms with Crippen LogP contribution in [0, 0.1) is 11.6 Å². The lowest BCUT2D eigenvalue weighted by Gasteiger charge is -2.36. The molecule has 246 valence electrons. The fourth-order valence-electron chi connectivity index (χ4n) is 6.13. The maximum absolute atomic E-state index is 14.4. The fourth-order valence-corrected chi connectivity index (χ4v) is 6.38. The molecule has 4 aromatic carbocycles. The summed E-state index contributed by atoms with van der Waals surface area (Å²) in [5.41, 5.74) is 13.4. The van der Waals surface area contributed by atoms with E-state index in [1.165, 1.54) is 22.8 Å². The number of amides is 1.